The molecule has 0 spiro atoms. The number of rotatable bonds is 7. The van der Waals surface area contributed by atoms with Gasteiger partial charge in [-0.25, -0.2) is 0 Å². The first-order valence-electron chi connectivity index (χ1n) is 11.5. The van der Waals surface area contributed by atoms with Crippen LogP contribution in [0.3, 0.4) is 0 Å². The van der Waals surface area contributed by atoms with Crippen molar-refractivity contribution in [1.82, 2.24) is 9.80 Å². The molecule has 2 aromatic carbocycles. The number of ether oxygens (including phenoxy) is 2. The molecule has 0 saturated carbocycles. The second-order valence-corrected chi connectivity index (χ2v) is 8.45. The first kappa shape index (κ1) is 22.0. The Balaban J connectivity index is 1.08. The minimum Gasteiger partial charge on any atom is -0.493 e. The minimum absolute atomic E-state index is 0.0413. The van der Waals surface area contributed by atoms with Crippen LogP contribution in [-0.2, 0) is 17.8 Å². The van der Waals surface area contributed by atoms with Gasteiger partial charge in [0.15, 0.2) is 12.4 Å². The van der Waals surface area contributed by atoms with E-state index in [2.05, 4.69) is 28.4 Å². The third-order valence-electron chi connectivity index (χ3n) is 6.08. The normalized spacial score (nSPS) is 15.5. The number of hydrogen-bond donors (Lipinski definition) is 1. The zero-order chi connectivity index (χ0) is 23.3. The molecule has 2 aliphatic heterocycles. The van der Waals surface area contributed by atoms with Crippen molar-refractivity contribution in [3.63, 3.8) is 0 Å². The fraction of sp³-hybridized carbons (Fsp3) is 0.308. The van der Waals surface area contributed by atoms with Crippen LogP contribution in [0.1, 0.15) is 21.7 Å². The van der Waals surface area contributed by atoms with E-state index in [0.29, 0.717) is 24.5 Å². The summed E-state index contributed by atoms with van der Waals surface area (Å²) in [4.78, 5) is 29.0. The average Bonchev–Trinajstić information content (AvgIpc) is 3.55. The Hall–Kier alpha value is -3.78. The predicted molar refractivity (Wildman–Crippen MR) is 126 cm³/mol. The van der Waals surface area contributed by atoms with Gasteiger partial charge in [-0.3, -0.25) is 14.5 Å². The Morgan fingerprint density at radius 1 is 1.00 bits per heavy atom. The molecule has 1 saturated heterocycles. The van der Waals surface area contributed by atoms with Crippen LogP contribution in [0, 0.1) is 0 Å². The second-order valence-electron chi connectivity index (χ2n) is 8.45. The predicted octanol–water partition coefficient (Wildman–Crippen LogP) is 3.19. The number of furan rings is 1. The summed E-state index contributed by atoms with van der Waals surface area (Å²) in [6.07, 6.45) is 2.42. The lowest BCUT2D eigenvalue weighted by molar-refractivity contribution is -0.135. The quantitative estimate of drug-likeness (QED) is 0.582. The van der Waals surface area contributed by atoms with Crippen molar-refractivity contribution in [1.29, 1.82) is 0 Å². The van der Waals surface area contributed by atoms with Crippen LogP contribution in [0.25, 0.3) is 0 Å². The van der Waals surface area contributed by atoms with Gasteiger partial charge in [-0.15, -0.1) is 0 Å². The van der Waals surface area contributed by atoms with Gasteiger partial charge in [0.1, 0.15) is 11.5 Å². The van der Waals surface area contributed by atoms with Crippen LogP contribution in [0.4, 0.5) is 5.69 Å². The number of nitrogens with one attached hydrogen (secondary N) is 1. The van der Waals surface area contributed by atoms with E-state index < -0.39 is 0 Å². The molecule has 1 aromatic heterocycles. The summed E-state index contributed by atoms with van der Waals surface area (Å²) in [5.41, 5.74) is 3.14. The number of amides is 2. The van der Waals surface area contributed by atoms with Crippen LogP contribution in [0.2, 0.25) is 0 Å². The number of fused-ring (bicyclic) bond motifs is 1. The molecule has 1 fully saturated rings. The first-order chi connectivity index (χ1) is 16.6. The van der Waals surface area contributed by atoms with Crippen LogP contribution in [-0.4, -0.2) is 61.0 Å². The molecule has 176 valence electrons. The fourth-order valence-corrected chi connectivity index (χ4v) is 4.25. The number of nitrogens with zero attached hydrogens (tertiary/aromatic N) is 2. The molecule has 8 heteroatoms. The SMILES string of the molecule is O=C(Nc1cccc(OCC(=O)N2CCN(Cc3ccc4c(c3)CCO4)CC2)c1)c1ccco1. The zero-order valence-corrected chi connectivity index (χ0v) is 18.9. The minimum atomic E-state index is -0.343. The molecule has 0 unspecified atom stereocenters. The number of hydrogen-bond acceptors (Lipinski definition) is 6. The molecule has 2 amide bonds. The van der Waals surface area contributed by atoms with Gasteiger partial charge in [0.2, 0.25) is 0 Å². The third-order valence-corrected chi connectivity index (χ3v) is 6.08. The van der Waals surface area contributed by atoms with E-state index in [1.54, 1.807) is 36.4 Å². The highest BCUT2D eigenvalue weighted by molar-refractivity contribution is 6.02. The van der Waals surface area contributed by atoms with Crippen LogP contribution in [0.5, 0.6) is 11.5 Å². The summed E-state index contributed by atoms with van der Waals surface area (Å²) in [7, 11) is 0. The molecule has 0 atom stereocenters. The maximum Gasteiger partial charge on any atom is 0.291 e. The summed E-state index contributed by atoms with van der Waals surface area (Å²) >= 11 is 0. The van der Waals surface area contributed by atoms with E-state index in [4.69, 9.17) is 13.9 Å². The molecule has 3 heterocycles. The molecular weight excluding hydrogens is 434 g/mol. The lowest BCUT2D eigenvalue weighted by atomic mass is 10.1. The lowest BCUT2D eigenvalue weighted by Gasteiger charge is -2.34. The number of benzene rings is 2. The molecule has 1 N–H and O–H groups in total. The number of anilines is 1. The van der Waals surface area contributed by atoms with Gasteiger partial charge in [-0.2, -0.15) is 0 Å². The fourth-order valence-electron chi connectivity index (χ4n) is 4.25. The van der Waals surface area contributed by atoms with Gasteiger partial charge >= 0.3 is 0 Å². The molecule has 0 radical (unpaired) electrons. The van der Waals surface area contributed by atoms with Gasteiger partial charge in [-0.05, 0) is 41.5 Å². The van der Waals surface area contributed by atoms with E-state index in [-0.39, 0.29) is 24.2 Å². The summed E-state index contributed by atoms with van der Waals surface area (Å²) in [5, 5.41) is 2.75. The Bertz CT molecular complexity index is 1150. The molecule has 34 heavy (non-hydrogen) atoms. The maximum absolute atomic E-state index is 12.7. The van der Waals surface area contributed by atoms with Gasteiger partial charge in [0.05, 0.1) is 12.9 Å². The average molecular weight is 462 g/mol. The van der Waals surface area contributed by atoms with Crippen molar-refractivity contribution in [3.05, 3.63) is 77.7 Å². The van der Waals surface area contributed by atoms with Crippen molar-refractivity contribution in [3.8, 4) is 11.5 Å². The lowest BCUT2D eigenvalue weighted by Crippen LogP contribution is -2.49. The molecule has 0 aliphatic carbocycles. The van der Waals surface area contributed by atoms with E-state index in [9.17, 15) is 9.59 Å². The van der Waals surface area contributed by atoms with Crippen LogP contribution in [0.15, 0.2) is 65.3 Å². The number of carbonyl (C=O) groups excluding carboxylic acids is 2. The van der Waals surface area contributed by atoms with Crippen molar-refractivity contribution in [2.75, 3.05) is 44.7 Å². The smallest absolute Gasteiger partial charge is 0.291 e. The molecule has 2 aliphatic rings. The van der Waals surface area contributed by atoms with Crippen LogP contribution < -0.4 is 14.8 Å². The molecule has 3 aromatic rings. The van der Waals surface area contributed by atoms with E-state index >= 15 is 0 Å². The Morgan fingerprint density at radius 3 is 2.71 bits per heavy atom. The van der Waals surface area contributed by atoms with Crippen molar-refractivity contribution < 1.29 is 23.5 Å². The van der Waals surface area contributed by atoms with E-state index in [1.807, 2.05) is 4.90 Å². The largest absolute Gasteiger partial charge is 0.493 e. The van der Waals surface area contributed by atoms with Crippen LogP contribution >= 0.6 is 0 Å². The topological polar surface area (TPSA) is 84.2 Å². The van der Waals surface area contributed by atoms with Gasteiger partial charge in [-0.1, -0.05) is 18.2 Å². The molecule has 8 nitrogen and oxygen atoms in total. The standard InChI is InChI=1S/C26H27N3O5/c30-25(18-34-22-4-1-3-21(16-22)27-26(31)24-5-2-13-32-24)29-11-9-28(10-12-29)17-19-6-7-23-20(15-19)8-14-33-23/h1-7,13,15-16H,8-12,14,17-18H2,(H,27,31). The summed E-state index contributed by atoms with van der Waals surface area (Å²) < 4.78 is 16.4. The highest BCUT2D eigenvalue weighted by Crippen LogP contribution is 2.26. The highest BCUT2D eigenvalue weighted by Gasteiger charge is 2.22. The summed E-state index contributed by atoms with van der Waals surface area (Å²) in [5.74, 6) is 1.36. The van der Waals surface area contributed by atoms with Crippen molar-refractivity contribution in [2.45, 2.75) is 13.0 Å². The Morgan fingerprint density at radius 2 is 1.88 bits per heavy atom. The second kappa shape index (κ2) is 10.0. The summed E-state index contributed by atoms with van der Waals surface area (Å²) in [6.45, 7) is 4.61. The Kier molecular flexibility index (Phi) is 6.49. The van der Waals surface area contributed by atoms with Crippen molar-refractivity contribution >= 4 is 17.5 Å². The zero-order valence-electron chi connectivity index (χ0n) is 18.9. The monoisotopic (exact) mass is 461 g/mol. The third kappa shape index (κ3) is 5.23. The Labute approximate surface area is 198 Å². The van der Waals surface area contributed by atoms with Gasteiger partial charge in [0.25, 0.3) is 11.8 Å². The molecular formula is C26H27N3O5. The highest BCUT2D eigenvalue weighted by atomic mass is 16.5. The number of carbonyl (C=O) groups is 2. The van der Waals surface area contributed by atoms with E-state index in [0.717, 1.165) is 38.4 Å². The number of piperazine rings is 1. The maximum atomic E-state index is 12.7. The van der Waals surface area contributed by atoms with Crippen molar-refractivity contribution in [2.24, 2.45) is 0 Å². The van der Waals surface area contributed by atoms with E-state index in [1.165, 1.54) is 17.4 Å². The molecule has 0 bridgehead atoms. The first-order valence-corrected chi connectivity index (χ1v) is 11.5. The molecule has 5 rings (SSSR count). The summed E-state index contributed by atoms with van der Waals surface area (Å²) in [6, 6.07) is 16.6. The van der Waals surface area contributed by atoms with Gasteiger partial charge < -0.3 is 24.1 Å². The van der Waals surface area contributed by atoms with Gasteiger partial charge in [0, 0.05) is 50.9 Å².